The van der Waals surface area contributed by atoms with Crippen LogP contribution in [-0.4, -0.2) is 6.71 Å². The SMILES string of the molecule is CB(C)C(C#N)C#N. The third-order valence-corrected chi connectivity index (χ3v) is 0.945. The molecule has 0 aromatic carbocycles. The fraction of sp³-hybridized carbons (Fsp3) is 0.600. The molecule has 0 saturated carbocycles. The summed E-state index contributed by atoms with van der Waals surface area (Å²) < 4.78 is 0. The van der Waals surface area contributed by atoms with Crippen LogP contribution in [0.1, 0.15) is 0 Å². The highest BCUT2D eigenvalue weighted by Gasteiger charge is 2.12. The van der Waals surface area contributed by atoms with E-state index >= 15 is 0 Å². The minimum atomic E-state index is -0.435. The van der Waals surface area contributed by atoms with Gasteiger partial charge in [-0.25, -0.2) is 0 Å². The predicted molar refractivity (Wildman–Crippen MR) is 32.5 cm³/mol. The molecule has 2 nitrogen and oxygen atoms in total. The quantitative estimate of drug-likeness (QED) is 0.470. The first-order valence-corrected chi connectivity index (χ1v) is 2.51. The van der Waals surface area contributed by atoms with Crippen LogP contribution in [0.2, 0.25) is 19.5 Å². The fourth-order valence-electron chi connectivity index (χ4n) is 0.327. The summed E-state index contributed by atoms with van der Waals surface area (Å²) in [6.45, 7) is 3.87. The Labute approximate surface area is 49.8 Å². The summed E-state index contributed by atoms with van der Waals surface area (Å²) in [4.78, 5) is 0. The summed E-state index contributed by atoms with van der Waals surface area (Å²) >= 11 is 0. The summed E-state index contributed by atoms with van der Waals surface area (Å²) in [5.74, 6) is -0.435. The Morgan fingerprint density at radius 1 is 1.25 bits per heavy atom. The summed E-state index contributed by atoms with van der Waals surface area (Å²) in [7, 11) is 0. The van der Waals surface area contributed by atoms with Gasteiger partial charge in [0.2, 0.25) is 0 Å². The van der Waals surface area contributed by atoms with Crippen molar-refractivity contribution in [3.63, 3.8) is 0 Å². The molecule has 0 aromatic rings. The van der Waals surface area contributed by atoms with Crippen LogP contribution in [0.25, 0.3) is 0 Å². The Bertz CT molecular complexity index is 125. The van der Waals surface area contributed by atoms with Gasteiger partial charge in [-0.1, -0.05) is 13.6 Å². The van der Waals surface area contributed by atoms with Crippen LogP contribution in [0, 0.1) is 22.7 Å². The zero-order chi connectivity index (χ0) is 6.57. The van der Waals surface area contributed by atoms with Crippen LogP contribution >= 0.6 is 0 Å². The molecule has 0 fully saturated rings. The van der Waals surface area contributed by atoms with Crippen molar-refractivity contribution in [3.05, 3.63) is 0 Å². The van der Waals surface area contributed by atoms with Crippen molar-refractivity contribution in [3.8, 4) is 12.1 Å². The maximum atomic E-state index is 8.22. The molecule has 0 N–H and O–H groups in total. The molecule has 0 heterocycles. The molecule has 0 aliphatic heterocycles. The zero-order valence-electron chi connectivity index (χ0n) is 5.05. The lowest BCUT2D eigenvalue weighted by Gasteiger charge is -1.94. The third-order valence-electron chi connectivity index (χ3n) is 0.945. The largest absolute Gasteiger partial charge is 0.198 e. The van der Waals surface area contributed by atoms with E-state index in [9.17, 15) is 0 Å². The molecule has 0 aliphatic carbocycles. The molecule has 0 radical (unpaired) electrons. The van der Waals surface area contributed by atoms with Crippen LogP contribution in [-0.2, 0) is 0 Å². The molecule has 3 heteroatoms. The Morgan fingerprint density at radius 3 is 1.62 bits per heavy atom. The molecule has 0 amide bonds. The summed E-state index contributed by atoms with van der Waals surface area (Å²) in [6.07, 6.45) is 0. The Hall–Kier alpha value is -0.955. The van der Waals surface area contributed by atoms with Gasteiger partial charge in [0, 0.05) is 0 Å². The highest BCUT2D eigenvalue weighted by molar-refractivity contribution is 6.59. The topological polar surface area (TPSA) is 47.6 Å². The molecule has 0 saturated heterocycles. The zero-order valence-corrected chi connectivity index (χ0v) is 5.05. The van der Waals surface area contributed by atoms with E-state index in [1.165, 1.54) is 0 Å². The second kappa shape index (κ2) is 3.10. The van der Waals surface area contributed by atoms with E-state index < -0.39 is 5.82 Å². The molecule has 0 bridgehead atoms. The van der Waals surface area contributed by atoms with Gasteiger partial charge in [-0.3, -0.25) is 0 Å². The lowest BCUT2D eigenvalue weighted by molar-refractivity contribution is 1.29. The smallest absolute Gasteiger partial charge is 0.173 e. The summed E-state index contributed by atoms with van der Waals surface area (Å²) in [6, 6.07) is 3.78. The maximum absolute atomic E-state index is 8.22. The number of nitrogens with zero attached hydrogens (tertiary/aromatic N) is 2. The van der Waals surface area contributed by atoms with Crippen LogP contribution < -0.4 is 0 Å². The molecular weight excluding hydrogens is 98.9 g/mol. The number of rotatable bonds is 1. The molecule has 0 aliphatic rings. The second-order valence-electron chi connectivity index (χ2n) is 1.98. The highest BCUT2D eigenvalue weighted by Crippen LogP contribution is 2.04. The molecule has 8 heavy (non-hydrogen) atoms. The molecule has 0 atom stereocenters. The Morgan fingerprint density at radius 2 is 1.62 bits per heavy atom. The van der Waals surface area contributed by atoms with E-state index in [-0.39, 0.29) is 6.71 Å². The van der Waals surface area contributed by atoms with Gasteiger partial charge in [-0.05, 0) is 0 Å². The molecule has 0 unspecified atom stereocenters. The van der Waals surface area contributed by atoms with Crippen molar-refractivity contribution in [1.29, 1.82) is 10.5 Å². The van der Waals surface area contributed by atoms with Crippen LogP contribution in [0.4, 0.5) is 0 Å². The van der Waals surface area contributed by atoms with Gasteiger partial charge in [-0.15, -0.1) is 0 Å². The van der Waals surface area contributed by atoms with E-state index in [0.717, 1.165) is 0 Å². The average Bonchev–Trinajstić information content (AvgIpc) is 1.69. The third kappa shape index (κ3) is 1.66. The van der Waals surface area contributed by atoms with Gasteiger partial charge in [0.25, 0.3) is 0 Å². The van der Waals surface area contributed by atoms with Crippen molar-refractivity contribution in [1.82, 2.24) is 0 Å². The minimum absolute atomic E-state index is 0.157. The van der Waals surface area contributed by atoms with Gasteiger partial charge >= 0.3 is 0 Å². The first kappa shape index (κ1) is 7.04. The van der Waals surface area contributed by atoms with Gasteiger partial charge in [-0.2, -0.15) is 10.5 Å². The molecule has 0 spiro atoms. The standard InChI is InChI=1S/C5H7BN2/c1-6(2)5(3-7)4-8/h5H,1-2H3. The molecule has 0 rings (SSSR count). The van der Waals surface area contributed by atoms with Gasteiger partial charge in [0.15, 0.2) is 6.71 Å². The highest BCUT2D eigenvalue weighted by atomic mass is 14.3. The monoisotopic (exact) mass is 106 g/mol. The first-order valence-electron chi connectivity index (χ1n) is 2.51. The summed E-state index contributed by atoms with van der Waals surface area (Å²) in [5.41, 5.74) is 0. The Kier molecular flexibility index (Phi) is 2.73. The van der Waals surface area contributed by atoms with Gasteiger partial charge in [0.1, 0.15) is 5.82 Å². The predicted octanol–water partition coefficient (Wildman–Crippen LogP) is 1.16. The fourth-order valence-corrected chi connectivity index (χ4v) is 0.327. The van der Waals surface area contributed by atoms with Crippen molar-refractivity contribution in [2.24, 2.45) is 0 Å². The van der Waals surface area contributed by atoms with E-state index in [1.54, 1.807) is 0 Å². The van der Waals surface area contributed by atoms with E-state index in [1.807, 2.05) is 25.8 Å². The number of hydrogen-bond acceptors (Lipinski definition) is 2. The van der Waals surface area contributed by atoms with Crippen LogP contribution in [0.15, 0.2) is 0 Å². The number of hydrogen-bond donors (Lipinski definition) is 0. The maximum Gasteiger partial charge on any atom is 0.173 e. The van der Waals surface area contributed by atoms with E-state index in [4.69, 9.17) is 10.5 Å². The van der Waals surface area contributed by atoms with E-state index in [0.29, 0.717) is 0 Å². The molecule has 0 aromatic heterocycles. The minimum Gasteiger partial charge on any atom is -0.198 e. The normalized spacial score (nSPS) is 7.62. The Balaban J connectivity index is 3.81. The number of nitriles is 2. The lowest BCUT2D eigenvalue weighted by Crippen LogP contribution is -2.07. The first-order chi connectivity index (χ1) is 3.72. The summed E-state index contributed by atoms with van der Waals surface area (Å²) in [5, 5.41) is 16.4. The van der Waals surface area contributed by atoms with Crippen LogP contribution in [0.5, 0.6) is 0 Å². The molecule has 40 valence electrons. The lowest BCUT2D eigenvalue weighted by atomic mass is 9.46. The van der Waals surface area contributed by atoms with Crippen molar-refractivity contribution >= 4 is 6.71 Å². The average molecular weight is 106 g/mol. The van der Waals surface area contributed by atoms with Gasteiger partial charge in [0.05, 0.1) is 12.1 Å². The molecular formula is C5H7BN2. The second-order valence-corrected chi connectivity index (χ2v) is 1.98. The van der Waals surface area contributed by atoms with E-state index in [2.05, 4.69) is 0 Å². The van der Waals surface area contributed by atoms with Crippen molar-refractivity contribution in [2.75, 3.05) is 0 Å². The van der Waals surface area contributed by atoms with Gasteiger partial charge < -0.3 is 0 Å². The van der Waals surface area contributed by atoms with Crippen molar-refractivity contribution in [2.45, 2.75) is 19.5 Å². The van der Waals surface area contributed by atoms with Crippen LogP contribution in [0.3, 0.4) is 0 Å². The van der Waals surface area contributed by atoms with Crippen molar-refractivity contribution < 1.29 is 0 Å².